The molecule has 5 heteroatoms. The van der Waals surface area contributed by atoms with Gasteiger partial charge in [-0.3, -0.25) is 4.79 Å². The first-order valence-electron chi connectivity index (χ1n) is 7.04. The topological polar surface area (TPSA) is 67.2 Å². The van der Waals surface area contributed by atoms with E-state index in [-0.39, 0.29) is 5.92 Å². The van der Waals surface area contributed by atoms with Crippen molar-refractivity contribution in [2.45, 2.75) is 58.2 Å². The Morgan fingerprint density at radius 1 is 1.47 bits per heavy atom. The summed E-state index contributed by atoms with van der Waals surface area (Å²) in [5, 5.41) is 12.5. The Labute approximate surface area is 114 Å². The molecular formula is C14H23N3O2. The largest absolute Gasteiger partial charge is 0.481 e. The van der Waals surface area contributed by atoms with Crippen LogP contribution in [0.25, 0.3) is 0 Å². The van der Waals surface area contributed by atoms with E-state index < -0.39 is 5.97 Å². The summed E-state index contributed by atoms with van der Waals surface area (Å²) in [5.41, 5.74) is 1.19. The second-order valence-corrected chi connectivity index (χ2v) is 5.65. The van der Waals surface area contributed by atoms with Crippen LogP contribution in [-0.4, -0.2) is 26.7 Å². The summed E-state index contributed by atoms with van der Waals surface area (Å²) < 4.78 is 2.16. The molecule has 0 unspecified atom stereocenters. The van der Waals surface area contributed by atoms with Gasteiger partial charge in [0.1, 0.15) is 0 Å². The zero-order chi connectivity index (χ0) is 13.8. The monoisotopic (exact) mass is 265 g/mol. The average molecular weight is 265 g/mol. The predicted octanol–water partition coefficient (Wildman–Crippen LogP) is 2.20. The summed E-state index contributed by atoms with van der Waals surface area (Å²) >= 11 is 0. The molecule has 2 N–H and O–H groups in total. The van der Waals surface area contributed by atoms with Crippen molar-refractivity contribution in [3.05, 3.63) is 18.2 Å². The number of nitrogens with zero attached hydrogens (tertiary/aromatic N) is 2. The number of carboxylic acids is 1. The fraction of sp³-hybridized carbons (Fsp3) is 0.714. The quantitative estimate of drug-likeness (QED) is 0.856. The number of hydrogen-bond donors (Lipinski definition) is 2. The molecular weight excluding hydrogens is 242 g/mol. The van der Waals surface area contributed by atoms with Gasteiger partial charge in [0.25, 0.3) is 0 Å². The molecule has 0 aliphatic heterocycles. The van der Waals surface area contributed by atoms with E-state index in [1.54, 1.807) is 0 Å². The highest BCUT2D eigenvalue weighted by Gasteiger charge is 2.25. The van der Waals surface area contributed by atoms with Crippen molar-refractivity contribution < 1.29 is 9.90 Å². The normalized spacial score (nSPS) is 23.7. The molecule has 106 valence electrons. The van der Waals surface area contributed by atoms with E-state index >= 15 is 0 Å². The van der Waals surface area contributed by atoms with Gasteiger partial charge in [-0.25, -0.2) is 4.98 Å². The molecule has 0 aromatic carbocycles. The molecule has 2 rings (SSSR count). The van der Waals surface area contributed by atoms with Crippen LogP contribution >= 0.6 is 0 Å². The fourth-order valence-electron chi connectivity index (χ4n) is 2.73. The van der Waals surface area contributed by atoms with Crippen molar-refractivity contribution in [3.8, 4) is 0 Å². The highest BCUT2D eigenvalue weighted by Crippen LogP contribution is 2.24. The third-order valence-electron chi connectivity index (χ3n) is 3.95. The van der Waals surface area contributed by atoms with Crippen LogP contribution in [0.1, 0.15) is 51.3 Å². The Balaban J connectivity index is 1.80. The molecule has 0 atom stereocenters. The summed E-state index contributed by atoms with van der Waals surface area (Å²) in [5.74, 6) is -0.782. The maximum Gasteiger partial charge on any atom is 0.306 e. The molecule has 0 amide bonds. The fourth-order valence-corrected chi connectivity index (χ4v) is 2.73. The summed E-state index contributed by atoms with van der Waals surface area (Å²) in [6.45, 7) is 5.09. The van der Waals surface area contributed by atoms with Crippen molar-refractivity contribution in [2.24, 2.45) is 5.92 Å². The number of aromatic nitrogens is 2. The number of carboxylic acid groups (broad SMARTS) is 1. The third kappa shape index (κ3) is 3.56. The lowest BCUT2D eigenvalue weighted by molar-refractivity contribution is -0.142. The van der Waals surface area contributed by atoms with Crippen LogP contribution in [0.15, 0.2) is 12.5 Å². The molecule has 1 heterocycles. The lowest BCUT2D eigenvalue weighted by Gasteiger charge is -2.27. The highest BCUT2D eigenvalue weighted by atomic mass is 16.4. The second kappa shape index (κ2) is 6.19. The van der Waals surface area contributed by atoms with Crippen molar-refractivity contribution in [1.82, 2.24) is 14.9 Å². The van der Waals surface area contributed by atoms with Gasteiger partial charge >= 0.3 is 5.97 Å². The van der Waals surface area contributed by atoms with Gasteiger partial charge in [-0.2, -0.15) is 0 Å². The van der Waals surface area contributed by atoms with Crippen molar-refractivity contribution in [3.63, 3.8) is 0 Å². The molecule has 0 bridgehead atoms. The summed E-state index contributed by atoms with van der Waals surface area (Å²) in [7, 11) is 0. The summed E-state index contributed by atoms with van der Waals surface area (Å²) in [6, 6.07) is 0.855. The van der Waals surface area contributed by atoms with E-state index in [2.05, 4.69) is 28.7 Å². The van der Waals surface area contributed by atoms with E-state index in [4.69, 9.17) is 5.11 Å². The molecule has 0 radical (unpaired) electrons. The van der Waals surface area contributed by atoms with Gasteiger partial charge in [0.05, 0.1) is 17.9 Å². The molecule has 1 fully saturated rings. The number of imidazole rings is 1. The van der Waals surface area contributed by atoms with Crippen LogP contribution < -0.4 is 5.32 Å². The van der Waals surface area contributed by atoms with Crippen molar-refractivity contribution >= 4 is 5.97 Å². The van der Waals surface area contributed by atoms with Gasteiger partial charge < -0.3 is 15.0 Å². The molecule has 1 aromatic heterocycles. The van der Waals surface area contributed by atoms with Gasteiger partial charge in [0, 0.05) is 24.8 Å². The Kier molecular flexibility index (Phi) is 4.58. The highest BCUT2D eigenvalue weighted by molar-refractivity contribution is 5.70. The van der Waals surface area contributed by atoms with E-state index in [1.165, 1.54) is 5.69 Å². The first-order chi connectivity index (χ1) is 9.08. The SMILES string of the molecule is CC(C)n1cncc1CNC1CCC(C(=O)O)CC1. The third-order valence-corrected chi connectivity index (χ3v) is 3.95. The van der Waals surface area contributed by atoms with Gasteiger partial charge in [0.15, 0.2) is 0 Å². The maximum atomic E-state index is 10.9. The van der Waals surface area contributed by atoms with E-state index in [0.29, 0.717) is 12.1 Å². The van der Waals surface area contributed by atoms with E-state index in [9.17, 15) is 4.79 Å². The van der Waals surface area contributed by atoms with Gasteiger partial charge in [-0.05, 0) is 39.5 Å². The van der Waals surface area contributed by atoms with Crippen LogP contribution in [0.2, 0.25) is 0 Å². The molecule has 19 heavy (non-hydrogen) atoms. The lowest BCUT2D eigenvalue weighted by Crippen LogP contribution is -2.35. The second-order valence-electron chi connectivity index (χ2n) is 5.65. The Hall–Kier alpha value is -1.36. The minimum Gasteiger partial charge on any atom is -0.481 e. The molecule has 5 nitrogen and oxygen atoms in total. The zero-order valence-electron chi connectivity index (χ0n) is 11.7. The van der Waals surface area contributed by atoms with Crippen LogP contribution in [0.3, 0.4) is 0 Å². The molecule has 0 spiro atoms. The van der Waals surface area contributed by atoms with Crippen LogP contribution in [0, 0.1) is 5.92 Å². The number of carbonyl (C=O) groups is 1. The lowest BCUT2D eigenvalue weighted by atomic mass is 9.86. The Morgan fingerprint density at radius 3 is 2.74 bits per heavy atom. The number of rotatable bonds is 5. The Bertz CT molecular complexity index is 420. The van der Waals surface area contributed by atoms with Crippen molar-refractivity contribution in [1.29, 1.82) is 0 Å². The predicted molar refractivity (Wildman–Crippen MR) is 72.8 cm³/mol. The van der Waals surface area contributed by atoms with Crippen molar-refractivity contribution in [2.75, 3.05) is 0 Å². The first kappa shape index (κ1) is 14.1. The molecule has 1 aliphatic carbocycles. The van der Waals surface area contributed by atoms with Gasteiger partial charge in [0.2, 0.25) is 0 Å². The first-order valence-corrected chi connectivity index (χ1v) is 7.04. The van der Waals surface area contributed by atoms with Crippen LogP contribution in [-0.2, 0) is 11.3 Å². The smallest absolute Gasteiger partial charge is 0.306 e. The average Bonchev–Trinajstić information content (AvgIpc) is 2.85. The molecule has 1 saturated carbocycles. The standard InChI is InChI=1S/C14H23N3O2/c1-10(2)17-9-15-7-13(17)8-16-12-5-3-11(4-6-12)14(18)19/h7,9-12,16H,3-6,8H2,1-2H3,(H,18,19). The van der Waals surface area contributed by atoms with E-state index in [0.717, 1.165) is 32.2 Å². The van der Waals surface area contributed by atoms with Crippen LogP contribution in [0.5, 0.6) is 0 Å². The zero-order valence-corrected chi connectivity index (χ0v) is 11.7. The summed E-state index contributed by atoms with van der Waals surface area (Å²) in [4.78, 5) is 15.1. The Morgan fingerprint density at radius 2 is 2.16 bits per heavy atom. The number of hydrogen-bond acceptors (Lipinski definition) is 3. The summed E-state index contributed by atoms with van der Waals surface area (Å²) in [6.07, 6.45) is 7.24. The molecule has 0 saturated heterocycles. The van der Waals surface area contributed by atoms with Crippen LogP contribution in [0.4, 0.5) is 0 Å². The number of aliphatic carboxylic acids is 1. The molecule has 1 aromatic rings. The maximum absolute atomic E-state index is 10.9. The molecule has 1 aliphatic rings. The minimum atomic E-state index is -0.642. The number of nitrogens with one attached hydrogen (secondary N) is 1. The van der Waals surface area contributed by atoms with E-state index in [1.807, 2.05) is 12.5 Å². The van der Waals surface area contributed by atoms with Gasteiger partial charge in [-0.1, -0.05) is 0 Å². The minimum absolute atomic E-state index is 0.140. The van der Waals surface area contributed by atoms with Gasteiger partial charge in [-0.15, -0.1) is 0 Å².